The number of nitrogens with zero attached hydrogens (tertiary/aromatic N) is 2. The Balaban J connectivity index is 1.74. The molecule has 1 heterocycles. The van der Waals surface area contributed by atoms with Crippen LogP contribution in [0.4, 0.5) is 0 Å². The van der Waals surface area contributed by atoms with Gasteiger partial charge < -0.3 is 14.9 Å². The van der Waals surface area contributed by atoms with Crippen molar-refractivity contribution < 1.29 is 14.9 Å². The lowest BCUT2D eigenvalue weighted by atomic mass is 10.1. The SMILES string of the molecule is Cc1cc(OCC(O)CN2CCN(CCO)CC2)cc(C)c1Cl. The molecule has 0 aliphatic carbocycles. The van der Waals surface area contributed by atoms with Gasteiger partial charge in [0.25, 0.3) is 0 Å². The van der Waals surface area contributed by atoms with E-state index in [1.165, 1.54) is 0 Å². The molecule has 1 unspecified atom stereocenters. The highest BCUT2D eigenvalue weighted by Crippen LogP contribution is 2.25. The second-order valence-corrected chi connectivity index (χ2v) is 6.58. The highest BCUT2D eigenvalue weighted by Gasteiger charge is 2.19. The largest absolute Gasteiger partial charge is 0.491 e. The Morgan fingerprint density at radius 2 is 1.70 bits per heavy atom. The van der Waals surface area contributed by atoms with Crippen LogP contribution in [0, 0.1) is 13.8 Å². The molecule has 1 fully saturated rings. The molecule has 2 N–H and O–H groups in total. The zero-order valence-corrected chi connectivity index (χ0v) is 14.7. The highest BCUT2D eigenvalue weighted by atomic mass is 35.5. The summed E-state index contributed by atoms with van der Waals surface area (Å²) < 4.78 is 5.71. The number of β-amino-alcohol motifs (C(OH)–C–C–N with tert-alkyl or cyclic N) is 2. The Hall–Kier alpha value is -0.850. The van der Waals surface area contributed by atoms with Crippen LogP contribution >= 0.6 is 11.6 Å². The third-order valence-electron chi connectivity index (χ3n) is 4.20. The second-order valence-electron chi connectivity index (χ2n) is 6.20. The molecule has 1 aromatic rings. The van der Waals surface area contributed by atoms with E-state index in [0.29, 0.717) is 6.54 Å². The Labute approximate surface area is 143 Å². The van der Waals surface area contributed by atoms with E-state index in [1.807, 2.05) is 26.0 Å². The van der Waals surface area contributed by atoms with E-state index in [0.717, 1.165) is 54.6 Å². The lowest BCUT2D eigenvalue weighted by molar-refractivity contribution is 0.0428. The van der Waals surface area contributed by atoms with Crippen molar-refractivity contribution in [3.63, 3.8) is 0 Å². The number of aryl methyl sites for hydroxylation is 2. The predicted octanol–water partition coefficient (Wildman–Crippen LogP) is 1.31. The number of benzene rings is 1. The number of piperazine rings is 1. The number of aliphatic hydroxyl groups excluding tert-OH is 2. The van der Waals surface area contributed by atoms with Crippen molar-refractivity contribution in [3.05, 3.63) is 28.3 Å². The van der Waals surface area contributed by atoms with E-state index >= 15 is 0 Å². The van der Waals surface area contributed by atoms with Gasteiger partial charge in [0.15, 0.2) is 0 Å². The molecule has 0 aromatic heterocycles. The lowest BCUT2D eigenvalue weighted by Crippen LogP contribution is -2.49. The summed E-state index contributed by atoms with van der Waals surface area (Å²) in [6.07, 6.45) is -0.518. The fraction of sp³-hybridized carbons (Fsp3) is 0.647. The maximum absolute atomic E-state index is 10.2. The van der Waals surface area contributed by atoms with Crippen LogP contribution in [0.2, 0.25) is 5.02 Å². The fourth-order valence-corrected chi connectivity index (χ4v) is 2.98. The Bertz CT molecular complexity index is 482. The van der Waals surface area contributed by atoms with Crippen molar-refractivity contribution in [2.75, 3.05) is 52.5 Å². The van der Waals surface area contributed by atoms with Crippen molar-refractivity contribution in [1.82, 2.24) is 9.80 Å². The summed E-state index contributed by atoms with van der Waals surface area (Å²) in [5.74, 6) is 0.746. The van der Waals surface area contributed by atoms with E-state index in [2.05, 4.69) is 9.80 Å². The topological polar surface area (TPSA) is 56.2 Å². The van der Waals surface area contributed by atoms with E-state index in [-0.39, 0.29) is 13.2 Å². The molecule has 0 spiro atoms. The van der Waals surface area contributed by atoms with Crippen LogP contribution < -0.4 is 4.74 Å². The first-order valence-electron chi connectivity index (χ1n) is 8.12. The van der Waals surface area contributed by atoms with Gasteiger partial charge in [-0.25, -0.2) is 0 Å². The van der Waals surface area contributed by atoms with E-state index in [4.69, 9.17) is 21.4 Å². The molecule has 2 rings (SSSR count). The van der Waals surface area contributed by atoms with E-state index in [1.54, 1.807) is 0 Å². The molecule has 5 nitrogen and oxygen atoms in total. The number of halogens is 1. The quantitative estimate of drug-likeness (QED) is 0.782. The smallest absolute Gasteiger partial charge is 0.120 e. The maximum atomic E-state index is 10.2. The molecule has 6 heteroatoms. The predicted molar refractivity (Wildman–Crippen MR) is 92.4 cm³/mol. The van der Waals surface area contributed by atoms with Gasteiger partial charge in [0, 0.05) is 44.3 Å². The van der Waals surface area contributed by atoms with Crippen LogP contribution in [0.5, 0.6) is 5.75 Å². The molecule has 23 heavy (non-hydrogen) atoms. The molecule has 130 valence electrons. The number of ether oxygens (including phenoxy) is 1. The fourth-order valence-electron chi connectivity index (χ4n) is 2.87. The Kier molecular flexibility index (Phi) is 7.11. The summed E-state index contributed by atoms with van der Waals surface area (Å²) >= 11 is 6.14. The monoisotopic (exact) mass is 342 g/mol. The Morgan fingerprint density at radius 3 is 2.26 bits per heavy atom. The molecule has 1 atom stereocenters. The maximum Gasteiger partial charge on any atom is 0.120 e. The number of hydrogen-bond acceptors (Lipinski definition) is 5. The first-order valence-corrected chi connectivity index (χ1v) is 8.50. The van der Waals surface area contributed by atoms with Gasteiger partial charge in [-0.15, -0.1) is 0 Å². The second kappa shape index (κ2) is 8.85. The molecule has 1 aliphatic heterocycles. The average Bonchev–Trinajstić information content (AvgIpc) is 2.52. The zero-order valence-electron chi connectivity index (χ0n) is 14.0. The molecule has 0 amide bonds. The molecule has 0 radical (unpaired) electrons. The molecule has 0 bridgehead atoms. The summed E-state index contributed by atoms with van der Waals surface area (Å²) in [5.41, 5.74) is 1.97. The molecule has 1 aliphatic rings. The van der Waals surface area contributed by atoms with Gasteiger partial charge in [0.1, 0.15) is 18.5 Å². The number of aliphatic hydroxyl groups is 2. The van der Waals surface area contributed by atoms with Gasteiger partial charge in [-0.2, -0.15) is 0 Å². The van der Waals surface area contributed by atoms with Crippen molar-refractivity contribution in [3.8, 4) is 5.75 Å². The zero-order chi connectivity index (χ0) is 16.8. The normalized spacial score (nSPS) is 18.1. The molecule has 0 saturated carbocycles. The summed E-state index contributed by atoms with van der Waals surface area (Å²) in [6, 6.07) is 3.80. The molecular weight excluding hydrogens is 316 g/mol. The first-order chi connectivity index (χ1) is 11.0. The van der Waals surface area contributed by atoms with Crippen LogP contribution in [-0.4, -0.2) is 78.6 Å². The van der Waals surface area contributed by atoms with Gasteiger partial charge in [-0.05, 0) is 37.1 Å². The standard InChI is InChI=1S/C17H27ClN2O3/c1-13-9-16(10-14(2)17(13)18)23-12-15(22)11-20-5-3-19(4-6-20)7-8-21/h9-10,15,21-22H,3-8,11-12H2,1-2H3. The lowest BCUT2D eigenvalue weighted by Gasteiger charge is -2.35. The first kappa shape index (κ1) is 18.5. The Morgan fingerprint density at radius 1 is 1.13 bits per heavy atom. The number of hydrogen-bond donors (Lipinski definition) is 2. The molecular formula is C17H27ClN2O3. The van der Waals surface area contributed by atoms with Crippen molar-refractivity contribution >= 4 is 11.6 Å². The van der Waals surface area contributed by atoms with Crippen LogP contribution in [0.25, 0.3) is 0 Å². The van der Waals surface area contributed by atoms with E-state index < -0.39 is 6.10 Å². The van der Waals surface area contributed by atoms with E-state index in [9.17, 15) is 5.11 Å². The van der Waals surface area contributed by atoms with Crippen LogP contribution in [0.3, 0.4) is 0 Å². The minimum Gasteiger partial charge on any atom is -0.491 e. The number of rotatable bonds is 7. The average molecular weight is 343 g/mol. The summed E-state index contributed by atoms with van der Waals surface area (Å²) in [7, 11) is 0. The van der Waals surface area contributed by atoms with Crippen LogP contribution in [-0.2, 0) is 0 Å². The van der Waals surface area contributed by atoms with Crippen molar-refractivity contribution in [2.24, 2.45) is 0 Å². The summed E-state index contributed by atoms with van der Waals surface area (Å²) in [6.45, 7) is 9.41. The van der Waals surface area contributed by atoms with Crippen molar-refractivity contribution in [1.29, 1.82) is 0 Å². The third kappa shape index (κ3) is 5.62. The van der Waals surface area contributed by atoms with Gasteiger partial charge in [-0.1, -0.05) is 11.6 Å². The summed E-state index contributed by atoms with van der Waals surface area (Å²) in [5, 5.41) is 19.9. The molecule has 1 saturated heterocycles. The van der Waals surface area contributed by atoms with Crippen molar-refractivity contribution in [2.45, 2.75) is 20.0 Å². The van der Waals surface area contributed by atoms with Gasteiger partial charge in [0.05, 0.1) is 6.61 Å². The van der Waals surface area contributed by atoms with Crippen LogP contribution in [0.15, 0.2) is 12.1 Å². The minimum atomic E-state index is -0.518. The minimum absolute atomic E-state index is 0.205. The van der Waals surface area contributed by atoms with Crippen LogP contribution in [0.1, 0.15) is 11.1 Å². The third-order valence-corrected chi connectivity index (χ3v) is 4.80. The van der Waals surface area contributed by atoms with Gasteiger partial charge >= 0.3 is 0 Å². The van der Waals surface area contributed by atoms with Gasteiger partial charge in [-0.3, -0.25) is 9.80 Å². The highest BCUT2D eigenvalue weighted by molar-refractivity contribution is 6.32. The summed E-state index contributed by atoms with van der Waals surface area (Å²) in [4.78, 5) is 4.47. The van der Waals surface area contributed by atoms with Gasteiger partial charge in [0.2, 0.25) is 0 Å². The molecule has 1 aromatic carbocycles.